The summed E-state index contributed by atoms with van der Waals surface area (Å²) in [5, 5.41) is 12.7. The third-order valence-corrected chi connectivity index (χ3v) is 4.27. The van der Waals surface area contributed by atoms with Crippen LogP contribution in [0.5, 0.6) is 0 Å². The summed E-state index contributed by atoms with van der Waals surface area (Å²) in [4.78, 5) is 2.64. The van der Waals surface area contributed by atoms with Gasteiger partial charge >= 0.3 is 0 Å². The first-order valence-electron chi connectivity index (χ1n) is 7.51. The molecule has 1 unspecified atom stereocenters. The third kappa shape index (κ3) is 3.56. The molecule has 1 aromatic rings. The largest absolute Gasteiger partial charge is 0.392 e. The second-order valence-corrected chi connectivity index (χ2v) is 5.93. The van der Waals surface area contributed by atoms with E-state index in [0.29, 0.717) is 6.04 Å². The second kappa shape index (κ2) is 6.04. The molecule has 0 amide bonds. The number of benzene rings is 1. The minimum Gasteiger partial charge on any atom is -0.392 e. The molecule has 0 radical (unpaired) electrons. The highest BCUT2D eigenvalue weighted by Crippen LogP contribution is 2.29. The number of aliphatic hydroxyl groups is 1. The Morgan fingerprint density at radius 3 is 2.42 bits per heavy atom. The normalized spacial score (nSPS) is 23.2. The van der Waals surface area contributed by atoms with Gasteiger partial charge in [-0.25, -0.2) is 0 Å². The molecule has 0 bridgehead atoms. The zero-order valence-electron chi connectivity index (χ0n) is 11.5. The van der Waals surface area contributed by atoms with Crippen molar-refractivity contribution in [3.8, 4) is 0 Å². The fraction of sp³-hybridized carbons (Fsp3) is 0.625. The third-order valence-electron chi connectivity index (χ3n) is 4.27. The van der Waals surface area contributed by atoms with Gasteiger partial charge in [-0.05, 0) is 43.4 Å². The Morgan fingerprint density at radius 2 is 1.84 bits per heavy atom. The van der Waals surface area contributed by atoms with Crippen LogP contribution in [-0.4, -0.2) is 35.2 Å². The Balaban J connectivity index is 1.59. The van der Waals surface area contributed by atoms with Gasteiger partial charge in [0.1, 0.15) is 0 Å². The molecule has 19 heavy (non-hydrogen) atoms. The molecular weight excluding hydrogens is 236 g/mol. The van der Waals surface area contributed by atoms with E-state index in [4.69, 9.17) is 5.11 Å². The predicted octanol–water partition coefficient (Wildman–Crippen LogP) is 1.90. The van der Waals surface area contributed by atoms with Crippen molar-refractivity contribution in [3.05, 3.63) is 35.4 Å². The minimum absolute atomic E-state index is 0.138. The van der Waals surface area contributed by atoms with E-state index in [1.54, 1.807) is 0 Å². The molecule has 1 saturated carbocycles. The van der Waals surface area contributed by atoms with Crippen molar-refractivity contribution in [2.45, 2.75) is 50.9 Å². The summed E-state index contributed by atoms with van der Waals surface area (Å²) in [5.74, 6) is 0. The smallest absolute Gasteiger partial charge is 0.0681 e. The molecule has 1 saturated heterocycles. The lowest BCUT2D eigenvalue weighted by atomic mass is 10.1. The molecule has 1 aliphatic carbocycles. The lowest BCUT2D eigenvalue weighted by Gasteiger charge is -2.25. The molecule has 3 nitrogen and oxygen atoms in total. The molecule has 104 valence electrons. The van der Waals surface area contributed by atoms with Gasteiger partial charge in [-0.2, -0.15) is 0 Å². The Labute approximate surface area is 115 Å². The van der Waals surface area contributed by atoms with Gasteiger partial charge in [0.25, 0.3) is 0 Å². The first-order chi connectivity index (χ1) is 9.35. The molecule has 2 N–H and O–H groups in total. The van der Waals surface area contributed by atoms with Crippen LogP contribution in [0.25, 0.3) is 0 Å². The molecule has 0 spiro atoms. The summed E-state index contributed by atoms with van der Waals surface area (Å²) in [6, 6.07) is 9.88. The summed E-state index contributed by atoms with van der Waals surface area (Å²) in [5.41, 5.74) is 2.36. The zero-order valence-corrected chi connectivity index (χ0v) is 11.5. The molecule has 1 aliphatic heterocycles. The van der Waals surface area contributed by atoms with Crippen LogP contribution in [0, 0.1) is 0 Å². The molecule has 2 aliphatic rings. The van der Waals surface area contributed by atoms with E-state index in [-0.39, 0.29) is 6.61 Å². The van der Waals surface area contributed by atoms with Crippen LogP contribution in [0.3, 0.4) is 0 Å². The van der Waals surface area contributed by atoms with E-state index in [1.807, 2.05) is 12.1 Å². The molecule has 3 rings (SSSR count). The number of aliphatic hydroxyl groups excluding tert-OH is 1. The topological polar surface area (TPSA) is 35.5 Å². The average molecular weight is 260 g/mol. The SMILES string of the molecule is OCc1ccc(CN(CC2CCCN2)C2CC2)cc1. The van der Waals surface area contributed by atoms with Crippen molar-refractivity contribution in [1.29, 1.82) is 0 Å². The first-order valence-corrected chi connectivity index (χ1v) is 7.51. The van der Waals surface area contributed by atoms with Crippen LogP contribution < -0.4 is 5.32 Å². The van der Waals surface area contributed by atoms with E-state index in [1.165, 1.54) is 44.3 Å². The maximum atomic E-state index is 9.08. The van der Waals surface area contributed by atoms with Gasteiger partial charge < -0.3 is 10.4 Å². The summed E-state index contributed by atoms with van der Waals surface area (Å²) in [7, 11) is 0. The first kappa shape index (κ1) is 13.1. The Kier molecular flexibility index (Phi) is 4.16. The number of hydrogen-bond donors (Lipinski definition) is 2. The monoisotopic (exact) mass is 260 g/mol. The predicted molar refractivity (Wildman–Crippen MR) is 76.8 cm³/mol. The lowest BCUT2D eigenvalue weighted by molar-refractivity contribution is 0.231. The Morgan fingerprint density at radius 1 is 1.11 bits per heavy atom. The van der Waals surface area contributed by atoms with Crippen LogP contribution in [0.4, 0.5) is 0 Å². The summed E-state index contributed by atoms with van der Waals surface area (Å²) < 4.78 is 0. The molecule has 2 fully saturated rings. The van der Waals surface area contributed by atoms with Gasteiger partial charge in [0.2, 0.25) is 0 Å². The molecule has 1 atom stereocenters. The van der Waals surface area contributed by atoms with E-state index in [9.17, 15) is 0 Å². The van der Waals surface area contributed by atoms with Crippen LogP contribution >= 0.6 is 0 Å². The maximum Gasteiger partial charge on any atom is 0.0681 e. The molecule has 1 heterocycles. The van der Waals surface area contributed by atoms with Crippen molar-refractivity contribution in [3.63, 3.8) is 0 Å². The van der Waals surface area contributed by atoms with Gasteiger partial charge in [0, 0.05) is 25.2 Å². The maximum absolute atomic E-state index is 9.08. The van der Waals surface area contributed by atoms with Crippen molar-refractivity contribution in [2.75, 3.05) is 13.1 Å². The molecule has 1 aromatic carbocycles. The van der Waals surface area contributed by atoms with Crippen LogP contribution in [-0.2, 0) is 13.2 Å². The lowest BCUT2D eigenvalue weighted by Crippen LogP contribution is -2.38. The summed E-state index contributed by atoms with van der Waals surface area (Å²) in [6.45, 7) is 3.56. The standard InChI is InChI=1S/C16H24N2O/c19-12-14-5-3-13(4-6-14)10-18(16-7-8-16)11-15-2-1-9-17-15/h3-6,15-17,19H,1-2,7-12H2. The Bertz CT molecular complexity index is 394. The fourth-order valence-electron chi connectivity index (χ4n) is 2.96. The zero-order chi connectivity index (χ0) is 13.1. The summed E-state index contributed by atoms with van der Waals surface area (Å²) in [6.07, 6.45) is 5.38. The van der Waals surface area contributed by atoms with Gasteiger partial charge in [0.15, 0.2) is 0 Å². The van der Waals surface area contributed by atoms with Gasteiger partial charge in [0.05, 0.1) is 6.61 Å². The highest BCUT2D eigenvalue weighted by molar-refractivity contribution is 5.22. The minimum atomic E-state index is 0.138. The van der Waals surface area contributed by atoms with Gasteiger partial charge in [-0.1, -0.05) is 24.3 Å². The van der Waals surface area contributed by atoms with Crippen molar-refractivity contribution in [2.24, 2.45) is 0 Å². The van der Waals surface area contributed by atoms with E-state index in [2.05, 4.69) is 22.3 Å². The van der Waals surface area contributed by atoms with Crippen LogP contribution in [0.1, 0.15) is 36.8 Å². The molecule has 3 heteroatoms. The second-order valence-electron chi connectivity index (χ2n) is 5.93. The van der Waals surface area contributed by atoms with Crippen LogP contribution in [0.2, 0.25) is 0 Å². The highest BCUT2D eigenvalue weighted by Gasteiger charge is 2.31. The van der Waals surface area contributed by atoms with Gasteiger partial charge in [-0.3, -0.25) is 4.90 Å². The van der Waals surface area contributed by atoms with Crippen molar-refractivity contribution in [1.82, 2.24) is 10.2 Å². The van der Waals surface area contributed by atoms with E-state index >= 15 is 0 Å². The average Bonchev–Trinajstić information content (AvgIpc) is 3.17. The molecule has 0 aromatic heterocycles. The number of hydrogen-bond acceptors (Lipinski definition) is 3. The number of nitrogens with zero attached hydrogens (tertiary/aromatic N) is 1. The fourth-order valence-corrected chi connectivity index (χ4v) is 2.96. The van der Waals surface area contributed by atoms with Gasteiger partial charge in [-0.15, -0.1) is 0 Å². The number of rotatable bonds is 6. The number of nitrogens with one attached hydrogen (secondary N) is 1. The van der Waals surface area contributed by atoms with Crippen LogP contribution in [0.15, 0.2) is 24.3 Å². The van der Waals surface area contributed by atoms with Crippen molar-refractivity contribution < 1.29 is 5.11 Å². The van der Waals surface area contributed by atoms with E-state index < -0.39 is 0 Å². The van der Waals surface area contributed by atoms with Crippen molar-refractivity contribution >= 4 is 0 Å². The van der Waals surface area contributed by atoms with E-state index in [0.717, 1.165) is 18.2 Å². The summed E-state index contributed by atoms with van der Waals surface area (Å²) >= 11 is 0. The highest BCUT2D eigenvalue weighted by atomic mass is 16.3. The molecular formula is C16H24N2O. The Hall–Kier alpha value is -0.900. The quantitative estimate of drug-likeness (QED) is 0.820.